The molecule has 0 N–H and O–H groups in total. The molecular weight excluding hydrogens is 486 g/mol. The van der Waals surface area contributed by atoms with E-state index in [1.54, 1.807) is 0 Å². The van der Waals surface area contributed by atoms with E-state index in [4.69, 9.17) is 0 Å². The fourth-order valence-corrected chi connectivity index (χ4v) is 3.82. The number of benzene rings is 1. The summed E-state index contributed by atoms with van der Waals surface area (Å²) < 4.78 is 0. The van der Waals surface area contributed by atoms with Gasteiger partial charge in [0.15, 0.2) is 0 Å². The number of rotatable bonds is 4. The Morgan fingerprint density at radius 1 is 0.500 bits per heavy atom. The molecule has 0 aliphatic heterocycles. The van der Waals surface area contributed by atoms with E-state index < -0.39 is 0 Å². The van der Waals surface area contributed by atoms with Crippen molar-refractivity contribution in [1.82, 2.24) is 15.0 Å². The van der Waals surface area contributed by atoms with Gasteiger partial charge in [-0.3, -0.25) is 15.0 Å². The standard InChI is InChI=1S/C10H14.3C9H13N/c1-8(2)10-7-5-4-6-9(10)3;1-7(2)9-6-8(3)4-5-10-9;1-7(2)9-5-4-8(3)6-10-9;1-7(2)9-6-4-5-8(3)10-9/h4-8H,1-3H3;3*4-7H,1-3H3. The van der Waals surface area contributed by atoms with Gasteiger partial charge < -0.3 is 0 Å². The minimum atomic E-state index is 0.542. The van der Waals surface area contributed by atoms with E-state index in [2.05, 4.69) is 146 Å². The van der Waals surface area contributed by atoms with Crippen LogP contribution in [0.3, 0.4) is 0 Å². The lowest BCUT2D eigenvalue weighted by Gasteiger charge is -2.07. The average molecular weight is 540 g/mol. The lowest BCUT2D eigenvalue weighted by Crippen LogP contribution is -1.92. The molecule has 216 valence electrons. The Morgan fingerprint density at radius 2 is 1.12 bits per heavy atom. The van der Waals surface area contributed by atoms with Crippen molar-refractivity contribution in [3.63, 3.8) is 0 Å². The van der Waals surface area contributed by atoms with Crippen LogP contribution in [0, 0.1) is 27.7 Å². The van der Waals surface area contributed by atoms with Crippen LogP contribution in [-0.4, -0.2) is 15.0 Å². The van der Waals surface area contributed by atoms with Crippen molar-refractivity contribution >= 4 is 0 Å². The van der Waals surface area contributed by atoms with E-state index in [1.807, 2.05) is 31.5 Å². The van der Waals surface area contributed by atoms with Crippen molar-refractivity contribution in [3.8, 4) is 0 Å². The number of aryl methyl sites for hydroxylation is 4. The van der Waals surface area contributed by atoms with Gasteiger partial charge in [-0.05, 0) is 104 Å². The smallest absolute Gasteiger partial charge is 0.0432 e. The third kappa shape index (κ3) is 13.6. The fourth-order valence-electron chi connectivity index (χ4n) is 3.82. The van der Waals surface area contributed by atoms with Gasteiger partial charge in [-0.2, -0.15) is 0 Å². The second kappa shape index (κ2) is 18.1. The molecule has 0 aliphatic rings. The third-order valence-electron chi connectivity index (χ3n) is 6.37. The van der Waals surface area contributed by atoms with Crippen molar-refractivity contribution in [2.45, 2.75) is 107 Å². The Labute approximate surface area is 245 Å². The highest BCUT2D eigenvalue weighted by atomic mass is 14.7. The van der Waals surface area contributed by atoms with Crippen LogP contribution in [0.2, 0.25) is 0 Å². The quantitative estimate of drug-likeness (QED) is 0.259. The third-order valence-corrected chi connectivity index (χ3v) is 6.37. The summed E-state index contributed by atoms with van der Waals surface area (Å²) in [7, 11) is 0. The molecule has 3 heterocycles. The summed E-state index contributed by atoms with van der Waals surface area (Å²) in [6.45, 7) is 25.7. The molecule has 0 fully saturated rings. The molecule has 0 saturated carbocycles. The molecule has 0 radical (unpaired) electrons. The van der Waals surface area contributed by atoms with Gasteiger partial charge in [-0.1, -0.05) is 91.8 Å². The first-order valence-electron chi connectivity index (χ1n) is 14.7. The normalized spacial score (nSPS) is 10.4. The number of pyridine rings is 3. The maximum Gasteiger partial charge on any atom is 0.0432 e. The lowest BCUT2D eigenvalue weighted by atomic mass is 9.99. The maximum atomic E-state index is 4.37. The number of nitrogens with zero attached hydrogens (tertiary/aromatic N) is 3. The zero-order chi connectivity index (χ0) is 30.2. The van der Waals surface area contributed by atoms with Crippen molar-refractivity contribution in [3.05, 3.63) is 124 Å². The second-order valence-electron chi connectivity index (χ2n) is 11.7. The van der Waals surface area contributed by atoms with Crippen LogP contribution in [-0.2, 0) is 0 Å². The summed E-state index contributed by atoms with van der Waals surface area (Å²) in [6.07, 6.45) is 3.78. The molecule has 0 saturated heterocycles. The Hall–Kier alpha value is -3.33. The highest BCUT2D eigenvalue weighted by Gasteiger charge is 2.00. The van der Waals surface area contributed by atoms with Crippen LogP contribution >= 0.6 is 0 Å². The highest BCUT2D eigenvalue weighted by molar-refractivity contribution is 5.28. The van der Waals surface area contributed by atoms with Gasteiger partial charge in [0.25, 0.3) is 0 Å². The van der Waals surface area contributed by atoms with Crippen LogP contribution in [0.25, 0.3) is 0 Å². The molecule has 3 heteroatoms. The van der Waals surface area contributed by atoms with Gasteiger partial charge in [-0.15, -0.1) is 0 Å². The van der Waals surface area contributed by atoms with Gasteiger partial charge in [0.05, 0.1) is 0 Å². The summed E-state index contributed by atoms with van der Waals surface area (Å²) in [5.74, 6) is 2.28. The van der Waals surface area contributed by atoms with Gasteiger partial charge in [0.1, 0.15) is 0 Å². The van der Waals surface area contributed by atoms with Gasteiger partial charge in [-0.25, -0.2) is 0 Å². The van der Waals surface area contributed by atoms with Crippen molar-refractivity contribution in [2.24, 2.45) is 0 Å². The molecule has 0 atom stereocenters. The van der Waals surface area contributed by atoms with E-state index >= 15 is 0 Å². The molecular formula is C37H53N3. The Bertz CT molecular complexity index is 1190. The summed E-state index contributed by atoms with van der Waals surface area (Å²) in [4.78, 5) is 12.9. The van der Waals surface area contributed by atoms with E-state index in [9.17, 15) is 0 Å². The van der Waals surface area contributed by atoms with E-state index in [1.165, 1.54) is 39.3 Å². The number of hydrogen-bond donors (Lipinski definition) is 0. The molecule has 0 unspecified atom stereocenters. The average Bonchev–Trinajstić information content (AvgIpc) is 2.90. The minimum Gasteiger partial charge on any atom is -0.261 e. The van der Waals surface area contributed by atoms with Crippen LogP contribution in [0.1, 0.15) is 124 Å². The monoisotopic (exact) mass is 539 g/mol. The van der Waals surface area contributed by atoms with Gasteiger partial charge >= 0.3 is 0 Å². The number of aromatic nitrogens is 3. The molecule has 0 bridgehead atoms. The molecule has 40 heavy (non-hydrogen) atoms. The first-order valence-corrected chi connectivity index (χ1v) is 14.7. The van der Waals surface area contributed by atoms with E-state index in [0.29, 0.717) is 23.7 Å². The molecule has 0 amide bonds. The molecule has 4 aromatic rings. The molecule has 3 aromatic heterocycles. The van der Waals surface area contributed by atoms with Crippen LogP contribution in [0.15, 0.2) is 79.1 Å². The predicted octanol–water partition coefficient (Wildman–Crippen LogP) is 10.7. The molecule has 0 spiro atoms. The molecule has 4 rings (SSSR count). The summed E-state index contributed by atoms with van der Waals surface area (Å²) in [5, 5.41) is 0. The largest absolute Gasteiger partial charge is 0.261 e. The fraction of sp³-hybridized carbons (Fsp3) is 0.432. The van der Waals surface area contributed by atoms with Gasteiger partial charge in [0, 0.05) is 35.2 Å². The Balaban J connectivity index is 0.000000267. The molecule has 1 aromatic carbocycles. The van der Waals surface area contributed by atoms with Crippen LogP contribution < -0.4 is 0 Å². The zero-order valence-corrected chi connectivity index (χ0v) is 27.2. The summed E-state index contributed by atoms with van der Waals surface area (Å²) >= 11 is 0. The first kappa shape index (κ1) is 34.7. The Kier molecular flexibility index (Phi) is 15.7. The van der Waals surface area contributed by atoms with Gasteiger partial charge in [0.2, 0.25) is 0 Å². The maximum absolute atomic E-state index is 4.37. The number of hydrogen-bond acceptors (Lipinski definition) is 3. The van der Waals surface area contributed by atoms with Crippen molar-refractivity contribution < 1.29 is 0 Å². The molecule has 3 nitrogen and oxygen atoms in total. The van der Waals surface area contributed by atoms with E-state index in [0.717, 1.165) is 5.69 Å². The minimum absolute atomic E-state index is 0.542. The SMILES string of the molecule is Cc1ccc(C(C)C)nc1.Cc1cccc(C(C)C)n1.Cc1ccccc1C(C)C.Cc1ccnc(C(C)C)c1. The Morgan fingerprint density at radius 3 is 1.52 bits per heavy atom. The highest BCUT2D eigenvalue weighted by Crippen LogP contribution is 2.17. The van der Waals surface area contributed by atoms with E-state index in [-0.39, 0.29) is 0 Å². The first-order chi connectivity index (χ1) is 18.8. The van der Waals surface area contributed by atoms with Crippen molar-refractivity contribution in [2.75, 3.05) is 0 Å². The summed E-state index contributed by atoms with van der Waals surface area (Å²) in [6, 6.07) is 23.0. The second-order valence-corrected chi connectivity index (χ2v) is 11.7. The predicted molar refractivity (Wildman–Crippen MR) is 174 cm³/mol. The topological polar surface area (TPSA) is 38.7 Å². The van der Waals surface area contributed by atoms with Crippen LogP contribution in [0.5, 0.6) is 0 Å². The van der Waals surface area contributed by atoms with Crippen molar-refractivity contribution in [1.29, 1.82) is 0 Å². The molecule has 0 aliphatic carbocycles. The summed E-state index contributed by atoms with van der Waals surface area (Å²) in [5.41, 5.74) is 10.0. The zero-order valence-electron chi connectivity index (χ0n) is 27.2. The lowest BCUT2D eigenvalue weighted by molar-refractivity contribution is 0.815. The van der Waals surface area contributed by atoms with Crippen LogP contribution in [0.4, 0.5) is 0 Å².